The molecule has 1 fully saturated rings. The highest BCUT2D eigenvalue weighted by atomic mass is 16.5. The van der Waals surface area contributed by atoms with Gasteiger partial charge in [0.05, 0.1) is 12.5 Å². The lowest BCUT2D eigenvalue weighted by Crippen LogP contribution is -2.29. The molecule has 0 saturated heterocycles. The van der Waals surface area contributed by atoms with E-state index in [1.807, 2.05) is 0 Å². The van der Waals surface area contributed by atoms with Gasteiger partial charge in [0.25, 0.3) is 0 Å². The Hall–Kier alpha value is -0.570. The Kier molecular flexibility index (Phi) is 4.39. The maximum atomic E-state index is 11.6. The molecule has 0 aromatic rings. The molecule has 0 aromatic carbocycles. The molecule has 1 saturated carbocycles. The average Bonchev–Trinajstić information content (AvgIpc) is 2.67. The van der Waals surface area contributed by atoms with Crippen LogP contribution in [0.15, 0.2) is 0 Å². The fourth-order valence-corrected chi connectivity index (χ4v) is 2.40. The second-order valence-electron chi connectivity index (χ2n) is 4.16. The van der Waals surface area contributed by atoms with Crippen molar-refractivity contribution in [3.8, 4) is 0 Å². The Bertz CT molecular complexity index is 183. The number of rotatable bonds is 5. The number of esters is 1. The minimum atomic E-state index is -0.218. The Morgan fingerprint density at radius 1 is 1.36 bits per heavy atom. The van der Waals surface area contributed by atoms with Crippen molar-refractivity contribution < 1.29 is 14.6 Å². The Balaban J connectivity index is 2.49. The average molecular weight is 200 g/mol. The van der Waals surface area contributed by atoms with Gasteiger partial charge in [0.2, 0.25) is 0 Å². The molecule has 1 aliphatic carbocycles. The summed E-state index contributed by atoms with van der Waals surface area (Å²) in [5.74, 6) is -0.0482. The smallest absolute Gasteiger partial charge is 0.311 e. The van der Waals surface area contributed by atoms with Crippen molar-refractivity contribution in [1.29, 1.82) is 0 Å². The van der Waals surface area contributed by atoms with Gasteiger partial charge in [-0.2, -0.15) is 0 Å². The molecule has 82 valence electrons. The first kappa shape index (κ1) is 11.5. The summed E-state index contributed by atoms with van der Waals surface area (Å²) in [5.41, 5.74) is -0.218. The molecule has 1 aliphatic rings. The Labute approximate surface area is 85.5 Å². The van der Waals surface area contributed by atoms with Crippen LogP contribution in [0.25, 0.3) is 0 Å². The van der Waals surface area contributed by atoms with E-state index in [-0.39, 0.29) is 18.0 Å². The quantitative estimate of drug-likeness (QED) is 0.544. The second kappa shape index (κ2) is 5.35. The lowest BCUT2D eigenvalue weighted by molar-refractivity contribution is -0.153. The van der Waals surface area contributed by atoms with Gasteiger partial charge in [0.1, 0.15) is 0 Å². The minimum absolute atomic E-state index is 0.0482. The Morgan fingerprint density at radius 3 is 2.50 bits per heavy atom. The van der Waals surface area contributed by atoms with Gasteiger partial charge in [-0.3, -0.25) is 4.79 Å². The summed E-state index contributed by atoms with van der Waals surface area (Å²) in [6.07, 6.45) is 6.78. The molecule has 0 atom stereocenters. The van der Waals surface area contributed by atoms with Crippen LogP contribution in [0, 0.1) is 5.41 Å². The Morgan fingerprint density at radius 2 is 2.00 bits per heavy atom. The van der Waals surface area contributed by atoms with E-state index >= 15 is 0 Å². The molecule has 0 aromatic heterocycles. The van der Waals surface area contributed by atoms with E-state index in [0.717, 1.165) is 44.9 Å². The number of hydrogen-bond acceptors (Lipinski definition) is 3. The van der Waals surface area contributed by atoms with E-state index in [4.69, 9.17) is 9.84 Å². The largest absolute Gasteiger partial charge is 0.469 e. The highest BCUT2D eigenvalue weighted by molar-refractivity contribution is 5.77. The fourth-order valence-electron chi connectivity index (χ4n) is 2.40. The number of aliphatic hydroxyl groups is 1. The summed E-state index contributed by atoms with van der Waals surface area (Å²) >= 11 is 0. The summed E-state index contributed by atoms with van der Waals surface area (Å²) in [6, 6.07) is 0. The first-order chi connectivity index (χ1) is 6.75. The van der Waals surface area contributed by atoms with Gasteiger partial charge >= 0.3 is 5.97 Å². The van der Waals surface area contributed by atoms with Crippen LogP contribution in [0.5, 0.6) is 0 Å². The standard InChI is InChI=1S/C11H20O3/c1-14-10(13)11(6-2-3-7-11)8-4-5-9-12/h12H,2-9H2,1H3. The molecule has 0 unspecified atom stereocenters. The zero-order valence-electron chi connectivity index (χ0n) is 8.92. The molecule has 14 heavy (non-hydrogen) atoms. The number of carbonyl (C=O) groups is 1. The summed E-state index contributed by atoms with van der Waals surface area (Å²) < 4.78 is 4.87. The van der Waals surface area contributed by atoms with Crippen LogP contribution in [-0.2, 0) is 9.53 Å². The monoisotopic (exact) mass is 200 g/mol. The van der Waals surface area contributed by atoms with E-state index < -0.39 is 0 Å². The molecule has 0 aliphatic heterocycles. The van der Waals surface area contributed by atoms with Gasteiger partial charge in [0, 0.05) is 6.61 Å². The van der Waals surface area contributed by atoms with E-state index in [9.17, 15) is 4.79 Å². The first-order valence-corrected chi connectivity index (χ1v) is 5.44. The molecular formula is C11H20O3. The summed E-state index contributed by atoms with van der Waals surface area (Å²) in [5, 5.41) is 8.70. The third-order valence-electron chi connectivity index (χ3n) is 3.24. The third kappa shape index (κ3) is 2.47. The number of carbonyl (C=O) groups excluding carboxylic acids is 1. The van der Waals surface area contributed by atoms with Gasteiger partial charge in [-0.25, -0.2) is 0 Å². The number of unbranched alkanes of at least 4 members (excludes halogenated alkanes) is 1. The van der Waals surface area contributed by atoms with Crippen molar-refractivity contribution >= 4 is 5.97 Å². The van der Waals surface area contributed by atoms with Gasteiger partial charge in [-0.05, 0) is 25.7 Å². The van der Waals surface area contributed by atoms with E-state index in [1.54, 1.807) is 0 Å². The van der Waals surface area contributed by atoms with Gasteiger partial charge < -0.3 is 9.84 Å². The molecule has 1 rings (SSSR count). The number of methoxy groups -OCH3 is 1. The van der Waals surface area contributed by atoms with E-state index in [1.165, 1.54) is 7.11 Å². The van der Waals surface area contributed by atoms with Crippen molar-refractivity contribution in [2.75, 3.05) is 13.7 Å². The lowest BCUT2D eigenvalue weighted by atomic mass is 9.81. The minimum Gasteiger partial charge on any atom is -0.469 e. The second-order valence-corrected chi connectivity index (χ2v) is 4.16. The predicted molar refractivity (Wildman–Crippen MR) is 53.9 cm³/mol. The van der Waals surface area contributed by atoms with Gasteiger partial charge in [0.15, 0.2) is 0 Å². The molecular weight excluding hydrogens is 180 g/mol. The maximum Gasteiger partial charge on any atom is 0.311 e. The van der Waals surface area contributed by atoms with Crippen molar-refractivity contribution in [3.63, 3.8) is 0 Å². The first-order valence-electron chi connectivity index (χ1n) is 5.44. The van der Waals surface area contributed by atoms with E-state index in [2.05, 4.69) is 0 Å². The van der Waals surface area contributed by atoms with Crippen LogP contribution in [0.4, 0.5) is 0 Å². The maximum absolute atomic E-state index is 11.6. The summed E-state index contributed by atoms with van der Waals surface area (Å²) in [6.45, 7) is 0.219. The highest BCUT2D eigenvalue weighted by Crippen LogP contribution is 2.43. The van der Waals surface area contributed by atoms with Gasteiger partial charge in [-0.1, -0.05) is 19.3 Å². The predicted octanol–water partition coefficient (Wildman–Crippen LogP) is 1.88. The van der Waals surface area contributed by atoms with Crippen molar-refractivity contribution in [3.05, 3.63) is 0 Å². The third-order valence-corrected chi connectivity index (χ3v) is 3.24. The zero-order valence-corrected chi connectivity index (χ0v) is 8.92. The fraction of sp³-hybridized carbons (Fsp3) is 0.909. The van der Waals surface area contributed by atoms with Crippen LogP contribution in [0.2, 0.25) is 0 Å². The summed E-state index contributed by atoms with van der Waals surface area (Å²) in [4.78, 5) is 11.6. The molecule has 1 N–H and O–H groups in total. The zero-order chi connectivity index (χ0) is 10.4. The topological polar surface area (TPSA) is 46.5 Å². The van der Waals surface area contributed by atoms with Crippen molar-refractivity contribution in [2.45, 2.75) is 44.9 Å². The molecule has 0 bridgehead atoms. The van der Waals surface area contributed by atoms with Crippen molar-refractivity contribution in [2.24, 2.45) is 5.41 Å². The van der Waals surface area contributed by atoms with Crippen LogP contribution in [0.3, 0.4) is 0 Å². The van der Waals surface area contributed by atoms with E-state index in [0.29, 0.717) is 0 Å². The number of ether oxygens (including phenoxy) is 1. The number of hydrogen-bond donors (Lipinski definition) is 1. The molecule has 0 radical (unpaired) electrons. The molecule has 0 amide bonds. The van der Waals surface area contributed by atoms with Crippen LogP contribution in [-0.4, -0.2) is 24.8 Å². The number of aliphatic hydroxyl groups excluding tert-OH is 1. The summed E-state index contributed by atoms with van der Waals surface area (Å²) in [7, 11) is 1.47. The van der Waals surface area contributed by atoms with Crippen molar-refractivity contribution in [1.82, 2.24) is 0 Å². The van der Waals surface area contributed by atoms with Crippen LogP contribution >= 0.6 is 0 Å². The highest BCUT2D eigenvalue weighted by Gasteiger charge is 2.41. The molecule has 3 nitrogen and oxygen atoms in total. The molecule has 3 heteroatoms. The van der Waals surface area contributed by atoms with Crippen LogP contribution < -0.4 is 0 Å². The van der Waals surface area contributed by atoms with Gasteiger partial charge in [-0.15, -0.1) is 0 Å². The molecule has 0 spiro atoms. The lowest BCUT2D eigenvalue weighted by Gasteiger charge is -2.25. The van der Waals surface area contributed by atoms with Crippen LogP contribution in [0.1, 0.15) is 44.9 Å². The SMILES string of the molecule is COC(=O)C1(CCCCO)CCCC1. The molecule has 0 heterocycles. The normalized spacial score (nSPS) is 19.6.